The van der Waals surface area contributed by atoms with Crippen molar-refractivity contribution in [2.24, 2.45) is 0 Å². The van der Waals surface area contributed by atoms with Gasteiger partial charge in [0.2, 0.25) is 0 Å². The first-order valence-corrected chi connectivity index (χ1v) is 10.2. The van der Waals surface area contributed by atoms with Crippen molar-refractivity contribution in [2.45, 2.75) is 52.7 Å². The Morgan fingerprint density at radius 3 is 2.83 bits per heavy atom. The van der Waals surface area contributed by atoms with Crippen molar-refractivity contribution < 1.29 is 19.0 Å². The van der Waals surface area contributed by atoms with Crippen molar-refractivity contribution in [1.82, 2.24) is 14.7 Å². The molecule has 1 amide bonds. The monoisotopic (exact) mass is 413 g/mol. The predicted octanol–water partition coefficient (Wildman–Crippen LogP) is 3.95. The van der Waals surface area contributed by atoms with Gasteiger partial charge in [-0.2, -0.15) is 0 Å². The van der Waals surface area contributed by atoms with Crippen LogP contribution in [-0.2, 0) is 6.61 Å². The number of carbonyl (C=O) groups excluding carboxylic acids is 1. The molecule has 0 radical (unpaired) electrons. The average molecular weight is 413 g/mol. The Labute approximate surface area is 175 Å². The molecule has 0 spiro atoms. The molecule has 0 aliphatic heterocycles. The fourth-order valence-electron chi connectivity index (χ4n) is 3.43. The van der Waals surface area contributed by atoms with Gasteiger partial charge in [-0.25, -0.2) is 9.37 Å². The third kappa shape index (κ3) is 4.62. The molecular weight excluding hydrogens is 385 g/mol. The number of imidazole rings is 1. The number of aromatic nitrogens is 2. The summed E-state index contributed by atoms with van der Waals surface area (Å²) in [6.07, 6.45) is 4.36. The summed E-state index contributed by atoms with van der Waals surface area (Å²) in [7, 11) is 0. The van der Waals surface area contributed by atoms with Crippen LogP contribution in [0.2, 0.25) is 0 Å². The second kappa shape index (κ2) is 9.71. The maximum atomic E-state index is 14.3. The van der Waals surface area contributed by atoms with Gasteiger partial charge in [0.1, 0.15) is 18.1 Å². The SMILES string of the molecule is CCCC[C@H](CO)NC(=O)c1c(C)nc2c(OCc3cccc(C)c3F)cccn12. The summed E-state index contributed by atoms with van der Waals surface area (Å²) < 4.78 is 21.8. The van der Waals surface area contributed by atoms with E-state index in [1.54, 1.807) is 54.8 Å². The Balaban J connectivity index is 1.84. The molecule has 0 fully saturated rings. The number of benzene rings is 1. The average Bonchev–Trinajstić information content (AvgIpc) is 3.08. The van der Waals surface area contributed by atoms with Crippen LogP contribution < -0.4 is 10.1 Å². The van der Waals surface area contributed by atoms with E-state index in [9.17, 15) is 14.3 Å². The maximum Gasteiger partial charge on any atom is 0.270 e. The molecule has 2 aromatic heterocycles. The summed E-state index contributed by atoms with van der Waals surface area (Å²) in [5.74, 6) is -0.117. The van der Waals surface area contributed by atoms with E-state index < -0.39 is 0 Å². The van der Waals surface area contributed by atoms with Crippen LogP contribution in [0, 0.1) is 19.7 Å². The molecule has 0 saturated carbocycles. The number of carbonyl (C=O) groups is 1. The molecule has 0 saturated heterocycles. The van der Waals surface area contributed by atoms with Crippen LogP contribution in [-0.4, -0.2) is 33.0 Å². The smallest absolute Gasteiger partial charge is 0.270 e. The summed E-state index contributed by atoms with van der Waals surface area (Å²) in [5.41, 5.74) is 2.46. The molecule has 6 nitrogen and oxygen atoms in total. The number of rotatable bonds is 9. The topological polar surface area (TPSA) is 75.9 Å². The van der Waals surface area contributed by atoms with Gasteiger partial charge in [-0.05, 0) is 38.0 Å². The molecular formula is C23H28FN3O3. The number of aliphatic hydroxyl groups is 1. The van der Waals surface area contributed by atoms with Gasteiger partial charge in [0.25, 0.3) is 5.91 Å². The standard InChI is InChI=1S/C23H28FN3O3/c1-4-5-10-18(13-28)26-23(29)21-16(3)25-22-19(11-7-12-27(21)22)30-14-17-9-6-8-15(2)20(17)24/h6-9,11-12,18,28H,4-5,10,13-14H2,1-3H3,(H,26,29)/t18-/m1/s1. The van der Waals surface area contributed by atoms with E-state index >= 15 is 0 Å². The normalized spacial score (nSPS) is 12.2. The molecule has 2 N–H and O–H groups in total. The van der Waals surface area contributed by atoms with Gasteiger partial charge in [0.05, 0.1) is 18.3 Å². The van der Waals surface area contributed by atoms with Crippen molar-refractivity contribution in [3.8, 4) is 5.75 Å². The fourth-order valence-corrected chi connectivity index (χ4v) is 3.43. The van der Waals surface area contributed by atoms with Crippen molar-refractivity contribution in [2.75, 3.05) is 6.61 Å². The lowest BCUT2D eigenvalue weighted by molar-refractivity contribution is 0.0905. The van der Waals surface area contributed by atoms with Gasteiger partial charge in [-0.15, -0.1) is 0 Å². The van der Waals surface area contributed by atoms with Crippen LogP contribution >= 0.6 is 0 Å². The van der Waals surface area contributed by atoms with Gasteiger partial charge < -0.3 is 15.2 Å². The molecule has 160 valence electrons. The zero-order valence-electron chi connectivity index (χ0n) is 17.6. The molecule has 1 atom stereocenters. The fraction of sp³-hybridized carbons (Fsp3) is 0.391. The lowest BCUT2D eigenvalue weighted by Crippen LogP contribution is -2.38. The number of hydrogen-bond donors (Lipinski definition) is 2. The number of pyridine rings is 1. The number of unbranched alkanes of at least 4 members (excludes halogenated alkanes) is 1. The lowest BCUT2D eigenvalue weighted by atomic mass is 10.1. The maximum absolute atomic E-state index is 14.3. The molecule has 0 unspecified atom stereocenters. The van der Waals surface area contributed by atoms with E-state index in [-0.39, 0.29) is 31.0 Å². The molecule has 0 aliphatic carbocycles. The van der Waals surface area contributed by atoms with Gasteiger partial charge in [-0.3, -0.25) is 9.20 Å². The van der Waals surface area contributed by atoms with Gasteiger partial charge in [0, 0.05) is 11.8 Å². The lowest BCUT2D eigenvalue weighted by Gasteiger charge is -2.16. The van der Waals surface area contributed by atoms with Crippen LogP contribution in [0.4, 0.5) is 4.39 Å². The first-order chi connectivity index (χ1) is 14.5. The zero-order chi connectivity index (χ0) is 21.7. The Hall–Kier alpha value is -2.93. The second-order valence-corrected chi connectivity index (χ2v) is 7.44. The number of nitrogens with zero attached hydrogens (tertiary/aromatic N) is 2. The summed E-state index contributed by atoms with van der Waals surface area (Å²) in [6.45, 7) is 5.48. The minimum Gasteiger partial charge on any atom is -0.485 e. The molecule has 2 heterocycles. The van der Waals surface area contributed by atoms with E-state index in [0.717, 1.165) is 12.8 Å². The second-order valence-electron chi connectivity index (χ2n) is 7.44. The molecule has 1 aromatic carbocycles. The molecule has 3 rings (SSSR count). The third-order valence-corrected chi connectivity index (χ3v) is 5.12. The van der Waals surface area contributed by atoms with Crippen molar-refractivity contribution >= 4 is 11.6 Å². The zero-order valence-corrected chi connectivity index (χ0v) is 17.6. The summed E-state index contributed by atoms with van der Waals surface area (Å²) >= 11 is 0. The largest absolute Gasteiger partial charge is 0.485 e. The van der Waals surface area contributed by atoms with Crippen LogP contribution in [0.1, 0.15) is 53.5 Å². The molecule has 30 heavy (non-hydrogen) atoms. The Bertz CT molecular complexity index is 1030. The molecule has 7 heteroatoms. The third-order valence-electron chi connectivity index (χ3n) is 5.12. The van der Waals surface area contributed by atoms with Crippen LogP contribution in [0.15, 0.2) is 36.5 Å². The minimum absolute atomic E-state index is 0.0598. The summed E-state index contributed by atoms with van der Waals surface area (Å²) in [5, 5.41) is 12.4. The quantitative estimate of drug-likeness (QED) is 0.557. The Morgan fingerprint density at radius 1 is 1.30 bits per heavy atom. The number of nitrogens with one attached hydrogen (secondary N) is 1. The first-order valence-electron chi connectivity index (χ1n) is 10.2. The predicted molar refractivity (Wildman–Crippen MR) is 113 cm³/mol. The van der Waals surface area contributed by atoms with E-state index in [2.05, 4.69) is 17.2 Å². The first kappa shape index (κ1) is 21.8. The van der Waals surface area contributed by atoms with E-state index in [1.807, 2.05) is 0 Å². The number of halogens is 1. The minimum atomic E-state index is -0.300. The van der Waals surface area contributed by atoms with Crippen molar-refractivity contribution in [3.63, 3.8) is 0 Å². The highest BCUT2D eigenvalue weighted by Gasteiger charge is 2.21. The number of aliphatic hydroxyl groups excluding tert-OH is 1. The van der Waals surface area contributed by atoms with E-state index in [0.29, 0.717) is 40.3 Å². The highest BCUT2D eigenvalue weighted by atomic mass is 19.1. The highest BCUT2D eigenvalue weighted by molar-refractivity contribution is 5.95. The van der Waals surface area contributed by atoms with Crippen molar-refractivity contribution in [3.05, 3.63) is 64.9 Å². The van der Waals surface area contributed by atoms with Gasteiger partial charge in [0.15, 0.2) is 11.4 Å². The summed E-state index contributed by atoms with van der Waals surface area (Å²) in [4.78, 5) is 17.4. The van der Waals surface area contributed by atoms with Crippen LogP contribution in [0.25, 0.3) is 5.65 Å². The van der Waals surface area contributed by atoms with Crippen molar-refractivity contribution in [1.29, 1.82) is 0 Å². The number of aryl methyl sites for hydroxylation is 2. The number of amides is 1. The molecule has 3 aromatic rings. The molecule has 0 bridgehead atoms. The van der Waals surface area contributed by atoms with Crippen LogP contribution in [0.3, 0.4) is 0 Å². The molecule has 0 aliphatic rings. The highest BCUT2D eigenvalue weighted by Crippen LogP contribution is 2.24. The number of ether oxygens (including phenoxy) is 1. The Kier molecular flexibility index (Phi) is 7.05. The van der Waals surface area contributed by atoms with Gasteiger partial charge in [-0.1, -0.05) is 38.0 Å². The summed E-state index contributed by atoms with van der Waals surface area (Å²) in [6, 6.07) is 8.38. The number of fused-ring (bicyclic) bond motifs is 1. The van der Waals surface area contributed by atoms with Gasteiger partial charge >= 0.3 is 0 Å². The van der Waals surface area contributed by atoms with E-state index in [4.69, 9.17) is 4.74 Å². The van der Waals surface area contributed by atoms with E-state index in [1.165, 1.54) is 0 Å². The Morgan fingerprint density at radius 2 is 2.10 bits per heavy atom. The number of hydrogen-bond acceptors (Lipinski definition) is 4. The van der Waals surface area contributed by atoms with Crippen LogP contribution in [0.5, 0.6) is 5.75 Å².